The van der Waals surface area contributed by atoms with Gasteiger partial charge >= 0.3 is 6.18 Å². The zero-order valence-electron chi connectivity index (χ0n) is 20.5. The molecule has 0 radical (unpaired) electrons. The molecule has 200 valence electrons. The van der Waals surface area contributed by atoms with Crippen LogP contribution in [0.15, 0.2) is 36.5 Å². The van der Waals surface area contributed by atoms with Gasteiger partial charge in [0.2, 0.25) is 11.8 Å². The van der Waals surface area contributed by atoms with Crippen molar-refractivity contribution >= 4 is 17.7 Å². The Hall–Kier alpha value is -3.47. The fourth-order valence-electron chi connectivity index (χ4n) is 6.05. The minimum atomic E-state index is -4.39. The van der Waals surface area contributed by atoms with Gasteiger partial charge in [0.25, 0.3) is 5.91 Å². The quantitative estimate of drug-likeness (QED) is 0.600. The highest BCUT2D eigenvalue weighted by molar-refractivity contribution is 6.05. The number of ether oxygens (including phenoxy) is 1. The summed E-state index contributed by atoms with van der Waals surface area (Å²) < 4.78 is 44.8. The molecule has 1 N–H and O–H groups in total. The Morgan fingerprint density at radius 2 is 1.84 bits per heavy atom. The summed E-state index contributed by atoms with van der Waals surface area (Å²) in [6.07, 6.45) is -0.108. The monoisotopic (exact) mass is 528 g/mol. The van der Waals surface area contributed by atoms with E-state index in [9.17, 15) is 27.6 Å². The summed E-state index contributed by atoms with van der Waals surface area (Å²) in [5.74, 6) is -0.209. The van der Waals surface area contributed by atoms with Crippen LogP contribution >= 0.6 is 0 Å². The van der Waals surface area contributed by atoms with E-state index in [0.29, 0.717) is 30.0 Å². The van der Waals surface area contributed by atoms with Gasteiger partial charge in [-0.3, -0.25) is 29.6 Å². The minimum absolute atomic E-state index is 0.0297. The first-order valence-corrected chi connectivity index (χ1v) is 12.9. The molecule has 3 aliphatic heterocycles. The van der Waals surface area contributed by atoms with E-state index in [1.807, 2.05) is 6.07 Å². The van der Waals surface area contributed by atoms with Crippen molar-refractivity contribution in [1.29, 1.82) is 0 Å². The van der Waals surface area contributed by atoms with Crippen molar-refractivity contribution in [1.82, 2.24) is 20.1 Å². The number of rotatable bonds is 5. The molecule has 2 aromatic rings. The number of benzene rings is 1. The van der Waals surface area contributed by atoms with Crippen molar-refractivity contribution in [2.75, 3.05) is 13.1 Å². The van der Waals surface area contributed by atoms with Gasteiger partial charge in [0.1, 0.15) is 17.9 Å². The van der Waals surface area contributed by atoms with Crippen LogP contribution in [-0.4, -0.2) is 63.8 Å². The van der Waals surface area contributed by atoms with E-state index < -0.39 is 23.7 Å². The maximum absolute atomic E-state index is 12.9. The number of fused-ring (bicyclic) bond motifs is 1. The molecule has 11 heteroatoms. The van der Waals surface area contributed by atoms with Gasteiger partial charge in [0.05, 0.1) is 5.56 Å². The minimum Gasteiger partial charge on any atom is -0.489 e. The molecule has 2 saturated heterocycles. The van der Waals surface area contributed by atoms with Crippen LogP contribution in [0.1, 0.15) is 65.2 Å². The van der Waals surface area contributed by atoms with Gasteiger partial charge in [0.15, 0.2) is 0 Å². The maximum atomic E-state index is 12.9. The van der Waals surface area contributed by atoms with E-state index in [4.69, 9.17) is 4.74 Å². The first-order valence-electron chi connectivity index (χ1n) is 12.9. The number of hydrogen-bond donors (Lipinski definition) is 1. The first kappa shape index (κ1) is 24.8. The number of pyridine rings is 1. The predicted molar refractivity (Wildman–Crippen MR) is 128 cm³/mol. The number of amides is 3. The van der Waals surface area contributed by atoms with Gasteiger partial charge < -0.3 is 9.64 Å². The zero-order chi connectivity index (χ0) is 26.6. The van der Waals surface area contributed by atoms with Crippen LogP contribution in [0.25, 0.3) is 0 Å². The van der Waals surface area contributed by atoms with E-state index in [-0.39, 0.29) is 36.3 Å². The van der Waals surface area contributed by atoms with Crippen LogP contribution in [0.2, 0.25) is 0 Å². The third-order valence-corrected chi connectivity index (χ3v) is 8.11. The van der Waals surface area contributed by atoms with Crippen LogP contribution < -0.4 is 10.1 Å². The van der Waals surface area contributed by atoms with Crippen molar-refractivity contribution in [3.8, 4) is 5.75 Å². The van der Waals surface area contributed by atoms with Gasteiger partial charge in [-0.2, -0.15) is 13.2 Å². The average molecular weight is 529 g/mol. The maximum Gasteiger partial charge on any atom is 0.417 e. The highest BCUT2D eigenvalue weighted by Gasteiger charge is 2.42. The van der Waals surface area contributed by atoms with Crippen molar-refractivity contribution in [2.24, 2.45) is 0 Å². The van der Waals surface area contributed by atoms with Crippen molar-refractivity contribution in [3.63, 3.8) is 0 Å². The van der Waals surface area contributed by atoms with Crippen molar-refractivity contribution in [3.05, 3.63) is 58.9 Å². The largest absolute Gasteiger partial charge is 0.489 e. The lowest BCUT2D eigenvalue weighted by Gasteiger charge is -2.44. The summed E-state index contributed by atoms with van der Waals surface area (Å²) in [7, 11) is 0. The Balaban J connectivity index is 1.08. The molecule has 0 bridgehead atoms. The lowest BCUT2D eigenvalue weighted by atomic mass is 9.92. The Kier molecular flexibility index (Phi) is 6.13. The molecule has 8 nitrogen and oxygen atoms in total. The third-order valence-electron chi connectivity index (χ3n) is 8.11. The van der Waals surface area contributed by atoms with Gasteiger partial charge in [0, 0.05) is 55.5 Å². The standard InChI is InChI=1S/C27H27F3N4O4/c28-27(29,30)17-4-7-20(31-11-17)16-12-33(13-16)21-2-1-3-23(21)38-18-5-6-19-15(10-18)14-34(26(19)37)22-8-9-24(35)32-25(22)36/h4-7,10-11,16,21-23H,1-3,8-9,12-14H2,(H,32,35,36)/t21-,22?,23-/m0/s1. The van der Waals surface area contributed by atoms with Gasteiger partial charge in [-0.15, -0.1) is 0 Å². The summed E-state index contributed by atoms with van der Waals surface area (Å²) in [6, 6.07) is 7.48. The predicted octanol–water partition coefficient (Wildman–Crippen LogP) is 3.26. The zero-order valence-corrected chi connectivity index (χ0v) is 20.5. The molecule has 1 saturated carbocycles. The molecule has 0 spiro atoms. The molecule has 1 aromatic carbocycles. The Morgan fingerprint density at radius 3 is 2.55 bits per heavy atom. The number of nitrogens with zero attached hydrogens (tertiary/aromatic N) is 3. The topological polar surface area (TPSA) is 91.8 Å². The Labute approximate surface area is 217 Å². The smallest absolute Gasteiger partial charge is 0.417 e. The number of aromatic nitrogens is 1. The second-order valence-electron chi connectivity index (χ2n) is 10.5. The molecule has 4 aliphatic rings. The lowest BCUT2D eigenvalue weighted by molar-refractivity contribution is -0.138. The van der Waals surface area contributed by atoms with Gasteiger partial charge in [-0.25, -0.2) is 0 Å². The number of halogens is 3. The fraction of sp³-hybridized carbons (Fsp3) is 0.481. The molecule has 3 atom stereocenters. The Bertz CT molecular complexity index is 1280. The van der Waals surface area contributed by atoms with Crippen LogP contribution in [0.5, 0.6) is 5.75 Å². The molecular weight excluding hydrogens is 501 g/mol. The number of nitrogens with one attached hydrogen (secondary N) is 1. The number of alkyl halides is 3. The second kappa shape index (κ2) is 9.37. The van der Waals surface area contributed by atoms with Crippen molar-refractivity contribution in [2.45, 2.75) is 68.9 Å². The molecule has 4 heterocycles. The van der Waals surface area contributed by atoms with Crippen LogP contribution in [-0.2, 0) is 22.3 Å². The van der Waals surface area contributed by atoms with Crippen LogP contribution in [0, 0.1) is 0 Å². The van der Waals surface area contributed by atoms with E-state index >= 15 is 0 Å². The number of carbonyl (C=O) groups is 3. The molecule has 1 aliphatic carbocycles. The fourth-order valence-corrected chi connectivity index (χ4v) is 6.05. The average Bonchev–Trinajstić information content (AvgIpc) is 3.42. The first-order chi connectivity index (χ1) is 18.2. The number of piperidine rings is 1. The van der Waals surface area contributed by atoms with E-state index in [0.717, 1.165) is 50.2 Å². The summed E-state index contributed by atoms with van der Waals surface area (Å²) in [5, 5.41) is 2.31. The number of likely N-dealkylation sites (tertiary alicyclic amines) is 1. The highest BCUT2D eigenvalue weighted by atomic mass is 19.4. The number of imide groups is 1. The lowest BCUT2D eigenvalue weighted by Crippen LogP contribution is -2.54. The third kappa shape index (κ3) is 4.53. The molecule has 1 aromatic heterocycles. The molecule has 38 heavy (non-hydrogen) atoms. The van der Waals surface area contributed by atoms with Crippen LogP contribution in [0.3, 0.4) is 0 Å². The van der Waals surface area contributed by atoms with E-state index in [1.54, 1.807) is 12.1 Å². The SMILES string of the molecule is O=C1CCC(N2Cc3cc(O[C@H]4CCC[C@@H]4N4CC(c5ccc(C(F)(F)F)cn5)C4)ccc3C2=O)C(=O)N1. The van der Waals surface area contributed by atoms with E-state index in [1.165, 1.54) is 11.0 Å². The summed E-state index contributed by atoms with van der Waals surface area (Å²) in [4.78, 5) is 44.6. The Morgan fingerprint density at radius 1 is 1.03 bits per heavy atom. The molecular formula is C27H27F3N4O4. The van der Waals surface area contributed by atoms with Gasteiger partial charge in [-0.05, 0) is 61.6 Å². The molecule has 3 amide bonds. The molecule has 1 unspecified atom stereocenters. The van der Waals surface area contributed by atoms with Crippen LogP contribution in [0.4, 0.5) is 13.2 Å². The van der Waals surface area contributed by atoms with Crippen molar-refractivity contribution < 1.29 is 32.3 Å². The summed E-state index contributed by atoms with van der Waals surface area (Å²) in [6.45, 7) is 1.74. The molecule has 6 rings (SSSR count). The second-order valence-corrected chi connectivity index (χ2v) is 10.5. The number of hydrogen-bond acceptors (Lipinski definition) is 6. The normalized spacial score (nSPS) is 26.3. The summed E-state index contributed by atoms with van der Waals surface area (Å²) >= 11 is 0. The summed E-state index contributed by atoms with van der Waals surface area (Å²) in [5.41, 5.74) is 1.27. The highest BCUT2D eigenvalue weighted by Crippen LogP contribution is 2.37. The van der Waals surface area contributed by atoms with E-state index in [2.05, 4.69) is 15.2 Å². The van der Waals surface area contributed by atoms with Gasteiger partial charge in [-0.1, -0.05) is 0 Å². The number of carbonyl (C=O) groups excluding carboxylic acids is 3. The molecule has 3 fully saturated rings.